The van der Waals surface area contributed by atoms with Crippen LogP contribution in [0.1, 0.15) is 32.6 Å². The Morgan fingerprint density at radius 2 is 2.29 bits per heavy atom. The summed E-state index contributed by atoms with van der Waals surface area (Å²) < 4.78 is 10.5. The minimum Gasteiger partial charge on any atom is -0.461 e. The van der Waals surface area contributed by atoms with Gasteiger partial charge < -0.3 is 15.2 Å². The average Bonchev–Trinajstić information content (AvgIpc) is 2.27. The second kappa shape index (κ2) is 4.49. The highest BCUT2D eigenvalue weighted by molar-refractivity contribution is 6.42. The van der Waals surface area contributed by atoms with Crippen molar-refractivity contribution < 1.29 is 14.3 Å². The van der Waals surface area contributed by atoms with E-state index in [9.17, 15) is 4.79 Å². The normalized spacial score (nSPS) is 22.2. The van der Waals surface area contributed by atoms with Gasteiger partial charge in [-0.1, -0.05) is 0 Å². The first-order chi connectivity index (χ1) is 8.08. The Morgan fingerprint density at radius 1 is 1.59 bits per heavy atom. The van der Waals surface area contributed by atoms with E-state index in [1.165, 1.54) is 0 Å². The number of carbonyl (C=O) groups excluding carboxylic acids is 1. The van der Waals surface area contributed by atoms with Gasteiger partial charge in [-0.15, -0.1) is 0 Å². The van der Waals surface area contributed by atoms with Crippen LogP contribution in [0, 0.1) is 5.41 Å². The molecule has 5 heteroatoms. The molecule has 1 aliphatic carbocycles. The Morgan fingerprint density at radius 3 is 2.82 bits per heavy atom. The number of hydrogen-bond donors (Lipinski definition) is 2. The van der Waals surface area contributed by atoms with Crippen LogP contribution in [0.15, 0.2) is 11.3 Å². The molecule has 5 nitrogen and oxygen atoms in total. The standard InChI is InChI=1S/C12H18N2O3/c1-2-16-11(15)10(14)8-6-12(4-3-5-12)17-7-9(8)13/h14H,2-7,13H2,1H3. The number of nitrogens with two attached hydrogens (primary N) is 1. The Bertz CT molecular complexity index is 383. The lowest BCUT2D eigenvalue weighted by Gasteiger charge is -2.45. The minimum atomic E-state index is -0.596. The lowest BCUT2D eigenvalue weighted by atomic mass is 9.73. The predicted molar refractivity (Wildman–Crippen MR) is 62.7 cm³/mol. The maximum Gasteiger partial charge on any atom is 0.356 e. The summed E-state index contributed by atoms with van der Waals surface area (Å²) in [5.41, 5.74) is 6.63. The number of ether oxygens (including phenoxy) is 2. The molecule has 0 bridgehead atoms. The smallest absolute Gasteiger partial charge is 0.356 e. The van der Waals surface area contributed by atoms with Crippen LogP contribution in [-0.2, 0) is 14.3 Å². The van der Waals surface area contributed by atoms with E-state index in [1.807, 2.05) is 0 Å². The van der Waals surface area contributed by atoms with E-state index < -0.39 is 5.97 Å². The average molecular weight is 238 g/mol. The minimum absolute atomic E-state index is 0.112. The lowest BCUT2D eigenvalue weighted by molar-refractivity contribution is -0.135. The highest BCUT2D eigenvalue weighted by atomic mass is 16.5. The first kappa shape index (κ1) is 12.1. The van der Waals surface area contributed by atoms with E-state index in [2.05, 4.69) is 0 Å². The van der Waals surface area contributed by atoms with Crippen LogP contribution in [0.5, 0.6) is 0 Å². The van der Waals surface area contributed by atoms with E-state index in [0.29, 0.717) is 24.3 Å². The van der Waals surface area contributed by atoms with E-state index in [4.69, 9.17) is 20.6 Å². The van der Waals surface area contributed by atoms with Crippen LogP contribution in [0.2, 0.25) is 0 Å². The van der Waals surface area contributed by atoms with Gasteiger partial charge in [-0.2, -0.15) is 0 Å². The van der Waals surface area contributed by atoms with Gasteiger partial charge >= 0.3 is 5.97 Å². The molecule has 2 rings (SSSR count). The molecule has 0 atom stereocenters. The van der Waals surface area contributed by atoms with Crippen LogP contribution in [-0.4, -0.2) is 30.5 Å². The molecular weight excluding hydrogens is 220 g/mol. The molecule has 0 radical (unpaired) electrons. The summed E-state index contributed by atoms with van der Waals surface area (Å²) in [5, 5.41) is 7.83. The molecular formula is C12H18N2O3. The molecule has 0 aromatic carbocycles. The third-order valence-electron chi connectivity index (χ3n) is 3.47. The molecule has 94 valence electrons. The molecule has 1 aliphatic heterocycles. The summed E-state index contributed by atoms with van der Waals surface area (Å²) >= 11 is 0. The third-order valence-corrected chi connectivity index (χ3v) is 3.47. The summed E-state index contributed by atoms with van der Waals surface area (Å²) in [6.45, 7) is 2.31. The molecule has 2 aliphatic rings. The maximum absolute atomic E-state index is 11.5. The van der Waals surface area contributed by atoms with Gasteiger partial charge in [0, 0.05) is 17.7 Å². The van der Waals surface area contributed by atoms with Crippen LogP contribution in [0.25, 0.3) is 0 Å². The lowest BCUT2D eigenvalue weighted by Crippen LogP contribution is -2.46. The van der Waals surface area contributed by atoms with Gasteiger partial charge in [0.1, 0.15) is 5.71 Å². The van der Waals surface area contributed by atoms with Crippen LogP contribution in [0.4, 0.5) is 0 Å². The van der Waals surface area contributed by atoms with Gasteiger partial charge in [-0.25, -0.2) is 4.79 Å². The molecule has 1 spiro atoms. The fourth-order valence-corrected chi connectivity index (χ4v) is 2.27. The molecule has 0 aromatic rings. The molecule has 1 fully saturated rings. The van der Waals surface area contributed by atoms with Crippen LogP contribution >= 0.6 is 0 Å². The number of carbonyl (C=O) groups is 1. The summed E-state index contributed by atoms with van der Waals surface area (Å²) in [5.74, 6) is -0.596. The predicted octanol–water partition coefficient (Wildman–Crippen LogP) is 1.13. The zero-order valence-electron chi connectivity index (χ0n) is 10.0. The Kier molecular flexibility index (Phi) is 3.19. The van der Waals surface area contributed by atoms with Gasteiger partial charge in [0.25, 0.3) is 0 Å². The van der Waals surface area contributed by atoms with E-state index in [1.54, 1.807) is 6.92 Å². The SMILES string of the molecule is CCOC(=O)C(=N)C1=C(N)COC2(CCC2)C1. The Hall–Kier alpha value is -1.36. The summed E-state index contributed by atoms with van der Waals surface area (Å²) in [6.07, 6.45) is 3.68. The molecule has 0 saturated heterocycles. The van der Waals surface area contributed by atoms with Gasteiger partial charge in [0.2, 0.25) is 0 Å². The van der Waals surface area contributed by atoms with Crippen molar-refractivity contribution in [2.24, 2.45) is 5.73 Å². The van der Waals surface area contributed by atoms with Crippen molar-refractivity contribution in [2.75, 3.05) is 13.2 Å². The van der Waals surface area contributed by atoms with Crippen molar-refractivity contribution in [3.05, 3.63) is 11.3 Å². The molecule has 0 amide bonds. The monoisotopic (exact) mass is 238 g/mol. The third kappa shape index (κ3) is 2.20. The Balaban J connectivity index is 2.12. The topological polar surface area (TPSA) is 85.4 Å². The van der Waals surface area contributed by atoms with Crippen molar-refractivity contribution in [2.45, 2.75) is 38.2 Å². The van der Waals surface area contributed by atoms with E-state index in [0.717, 1.165) is 19.3 Å². The van der Waals surface area contributed by atoms with Crippen molar-refractivity contribution in [1.29, 1.82) is 5.41 Å². The number of esters is 1. The second-order valence-corrected chi connectivity index (χ2v) is 4.60. The molecule has 0 aromatic heterocycles. The number of hydrogen-bond acceptors (Lipinski definition) is 5. The van der Waals surface area contributed by atoms with E-state index in [-0.39, 0.29) is 17.9 Å². The zero-order chi connectivity index (χ0) is 12.5. The van der Waals surface area contributed by atoms with Crippen molar-refractivity contribution >= 4 is 11.7 Å². The quantitative estimate of drug-likeness (QED) is 0.570. The van der Waals surface area contributed by atoms with E-state index >= 15 is 0 Å². The van der Waals surface area contributed by atoms with Crippen molar-refractivity contribution in [1.82, 2.24) is 0 Å². The first-order valence-corrected chi connectivity index (χ1v) is 5.95. The Labute approximate surface area is 100 Å². The molecule has 1 saturated carbocycles. The first-order valence-electron chi connectivity index (χ1n) is 5.95. The molecule has 1 heterocycles. The fourth-order valence-electron chi connectivity index (χ4n) is 2.27. The maximum atomic E-state index is 11.5. The highest BCUT2D eigenvalue weighted by Gasteiger charge is 2.43. The fraction of sp³-hybridized carbons (Fsp3) is 0.667. The number of rotatable bonds is 3. The van der Waals surface area contributed by atoms with Crippen LogP contribution in [0.3, 0.4) is 0 Å². The summed E-state index contributed by atoms with van der Waals surface area (Å²) in [6, 6.07) is 0. The van der Waals surface area contributed by atoms with Gasteiger partial charge in [0.05, 0.1) is 18.8 Å². The molecule has 0 unspecified atom stereocenters. The van der Waals surface area contributed by atoms with Crippen LogP contribution < -0.4 is 5.73 Å². The van der Waals surface area contributed by atoms with Crippen molar-refractivity contribution in [3.8, 4) is 0 Å². The zero-order valence-corrected chi connectivity index (χ0v) is 10.0. The van der Waals surface area contributed by atoms with Crippen molar-refractivity contribution in [3.63, 3.8) is 0 Å². The number of nitrogens with one attached hydrogen (secondary N) is 1. The molecule has 17 heavy (non-hydrogen) atoms. The summed E-state index contributed by atoms with van der Waals surface area (Å²) in [4.78, 5) is 11.5. The largest absolute Gasteiger partial charge is 0.461 e. The summed E-state index contributed by atoms with van der Waals surface area (Å²) in [7, 11) is 0. The molecule has 3 N–H and O–H groups in total. The highest BCUT2D eigenvalue weighted by Crippen LogP contribution is 2.43. The second-order valence-electron chi connectivity index (χ2n) is 4.60. The van der Waals surface area contributed by atoms with Gasteiger partial charge in [-0.05, 0) is 26.2 Å². The van der Waals surface area contributed by atoms with Gasteiger partial charge in [0.15, 0.2) is 0 Å². The van der Waals surface area contributed by atoms with Gasteiger partial charge in [-0.3, -0.25) is 5.41 Å².